The van der Waals surface area contributed by atoms with Gasteiger partial charge in [-0.05, 0) is 0 Å². The van der Waals surface area contributed by atoms with Crippen molar-refractivity contribution in [2.75, 3.05) is 38.0 Å². The van der Waals surface area contributed by atoms with Gasteiger partial charge in [0.2, 0.25) is 17.8 Å². The Morgan fingerprint density at radius 3 is 1.88 bits per heavy atom. The van der Waals surface area contributed by atoms with Gasteiger partial charge in [0.05, 0.1) is 6.54 Å². The van der Waals surface area contributed by atoms with Gasteiger partial charge in [-0.3, -0.25) is 4.79 Å². The summed E-state index contributed by atoms with van der Waals surface area (Å²) >= 11 is 0. The van der Waals surface area contributed by atoms with Gasteiger partial charge in [0.15, 0.2) is 5.82 Å². The van der Waals surface area contributed by atoms with E-state index in [1.54, 1.807) is 9.80 Å². The lowest BCUT2D eigenvalue weighted by Crippen LogP contribution is -2.24. The molecule has 0 atom stereocenters. The third-order valence-corrected chi connectivity index (χ3v) is 1.95. The predicted octanol–water partition coefficient (Wildman–Crippen LogP) is -0.360. The van der Waals surface area contributed by atoms with Crippen LogP contribution in [0.15, 0.2) is 0 Å². The predicted molar refractivity (Wildman–Crippen MR) is 66.0 cm³/mol. The van der Waals surface area contributed by atoms with Crippen LogP contribution in [0.1, 0.15) is 12.7 Å². The highest BCUT2D eigenvalue weighted by Gasteiger charge is 2.09. The van der Waals surface area contributed by atoms with E-state index in [1.807, 2.05) is 28.2 Å². The number of anilines is 2. The summed E-state index contributed by atoms with van der Waals surface area (Å²) in [5.74, 6) is 1.58. The van der Waals surface area contributed by atoms with Crippen molar-refractivity contribution in [3.8, 4) is 0 Å². The van der Waals surface area contributed by atoms with Crippen molar-refractivity contribution >= 4 is 17.8 Å². The van der Waals surface area contributed by atoms with Crippen molar-refractivity contribution in [2.24, 2.45) is 0 Å². The number of rotatable bonds is 4. The monoisotopic (exact) mass is 238 g/mol. The molecular weight excluding hydrogens is 220 g/mol. The van der Waals surface area contributed by atoms with E-state index in [1.165, 1.54) is 6.92 Å². The van der Waals surface area contributed by atoms with E-state index in [-0.39, 0.29) is 5.91 Å². The Morgan fingerprint density at radius 2 is 1.53 bits per heavy atom. The van der Waals surface area contributed by atoms with E-state index in [9.17, 15) is 4.79 Å². The normalized spacial score (nSPS) is 9.94. The molecular formula is C10H18N6O. The number of hydrogen-bond donors (Lipinski definition) is 1. The Labute approximate surface area is 101 Å². The van der Waals surface area contributed by atoms with Gasteiger partial charge in [0.1, 0.15) is 0 Å². The molecule has 0 aliphatic heterocycles. The zero-order valence-corrected chi connectivity index (χ0v) is 10.9. The molecule has 0 bridgehead atoms. The molecule has 0 aliphatic carbocycles. The maximum atomic E-state index is 10.9. The smallest absolute Gasteiger partial charge is 0.229 e. The summed E-state index contributed by atoms with van der Waals surface area (Å²) in [6.45, 7) is 1.76. The van der Waals surface area contributed by atoms with Crippen LogP contribution in [0.25, 0.3) is 0 Å². The van der Waals surface area contributed by atoms with E-state index in [2.05, 4.69) is 20.3 Å². The number of carbonyl (C=O) groups is 1. The average Bonchev–Trinajstić information content (AvgIpc) is 2.25. The lowest BCUT2D eigenvalue weighted by molar-refractivity contribution is -0.119. The second kappa shape index (κ2) is 5.42. The first-order chi connectivity index (χ1) is 7.90. The second-order valence-electron chi connectivity index (χ2n) is 4.05. The first kappa shape index (κ1) is 13.1. The van der Waals surface area contributed by atoms with Gasteiger partial charge >= 0.3 is 0 Å². The van der Waals surface area contributed by atoms with Crippen LogP contribution in [0.4, 0.5) is 11.9 Å². The molecule has 7 heteroatoms. The zero-order valence-electron chi connectivity index (χ0n) is 10.9. The molecule has 0 fully saturated rings. The fourth-order valence-electron chi connectivity index (χ4n) is 1.08. The summed E-state index contributed by atoms with van der Waals surface area (Å²) in [7, 11) is 7.43. The Bertz CT molecular complexity index is 378. The quantitative estimate of drug-likeness (QED) is 0.772. The topological polar surface area (TPSA) is 74.2 Å². The van der Waals surface area contributed by atoms with Gasteiger partial charge in [-0.2, -0.15) is 15.0 Å². The van der Waals surface area contributed by atoms with Gasteiger partial charge in [-0.1, -0.05) is 0 Å². The van der Waals surface area contributed by atoms with Crippen LogP contribution < -0.4 is 15.1 Å². The number of amides is 1. The highest BCUT2D eigenvalue weighted by molar-refractivity contribution is 5.72. The Morgan fingerprint density at radius 1 is 1.06 bits per heavy atom. The first-order valence-electron chi connectivity index (χ1n) is 5.24. The molecule has 1 aromatic heterocycles. The molecule has 0 spiro atoms. The molecule has 0 radical (unpaired) electrons. The highest BCUT2D eigenvalue weighted by Crippen LogP contribution is 2.09. The third kappa shape index (κ3) is 3.86. The minimum Gasteiger partial charge on any atom is -0.349 e. The molecule has 1 amide bonds. The summed E-state index contributed by atoms with van der Waals surface area (Å²) in [5, 5.41) is 2.67. The molecule has 1 heterocycles. The molecule has 94 valence electrons. The Hall–Kier alpha value is -1.92. The SMILES string of the molecule is CC(=O)NCc1nc(N(C)C)nc(N(C)C)n1. The van der Waals surface area contributed by atoms with Gasteiger partial charge < -0.3 is 15.1 Å². The van der Waals surface area contributed by atoms with Gasteiger partial charge in [-0.25, -0.2) is 0 Å². The highest BCUT2D eigenvalue weighted by atomic mass is 16.1. The summed E-state index contributed by atoms with van der Waals surface area (Å²) in [4.78, 5) is 27.2. The third-order valence-electron chi connectivity index (χ3n) is 1.95. The minimum absolute atomic E-state index is 0.108. The lowest BCUT2D eigenvalue weighted by atomic mass is 10.5. The molecule has 1 aromatic rings. The maximum absolute atomic E-state index is 10.9. The van der Waals surface area contributed by atoms with Crippen molar-refractivity contribution < 1.29 is 4.79 Å². The molecule has 1 N–H and O–H groups in total. The Kier molecular flexibility index (Phi) is 4.19. The fraction of sp³-hybridized carbons (Fsp3) is 0.600. The van der Waals surface area contributed by atoms with Crippen LogP contribution in [0.3, 0.4) is 0 Å². The van der Waals surface area contributed by atoms with Crippen LogP contribution in [-0.4, -0.2) is 49.0 Å². The number of nitrogens with one attached hydrogen (secondary N) is 1. The van der Waals surface area contributed by atoms with E-state index >= 15 is 0 Å². The van der Waals surface area contributed by atoms with Crippen LogP contribution >= 0.6 is 0 Å². The van der Waals surface area contributed by atoms with E-state index in [4.69, 9.17) is 0 Å². The lowest BCUT2D eigenvalue weighted by Gasteiger charge is -2.16. The average molecular weight is 238 g/mol. The number of aromatic nitrogens is 3. The number of nitrogens with zero attached hydrogens (tertiary/aromatic N) is 5. The molecule has 17 heavy (non-hydrogen) atoms. The maximum Gasteiger partial charge on any atom is 0.229 e. The first-order valence-corrected chi connectivity index (χ1v) is 5.24. The van der Waals surface area contributed by atoms with E-state index in [0.29, 0.717) is 24.3 Å². The van der Waals surface area contributed by atoms with Gasteiger partial charge in [-0.15, -0.1) is 0 Å². The minimum atomic E-state index is -0.108. The largest absolute Gasteiger partial charge is 0.349 e. The standard InChI is InChI=1S/C10H18N6O/c1-7(17)11-6-8-12-9(15(2)3)14-10(13-8)16(4)5/h6H2,1-5H3,(H,11,17). The van der Waals surface area contributed by atoms with Crippen LogP contribution in [0.2, 0.25) is 0 Å². The van der Waals surface area contributed by atoms with Gasteiger partial charge in [0, 0.05) is 35.1 Å². The fourth-order valence-corrected chi connectivity index (χ4v) is 1.08. The van der Waals surface area contributed by atoms with E-state index < -0.39 is 0 Å². The Balaban J connectivity index is 2.99. The number of hydrogen-bond acceptors (Lipinski definition) is 6. The van der Waals surface area contributed by atoms with Crippen molar-refractivity contribution in [1.29, 1.82) is 0 Å². The van der Waals surface area contributed by atoms with Gasteiger partial charge in [0.25, 0.3) is 0 Å². The molecule has 1 rings (SSSR count). The van der Waals surface area contributed by atoms with Crippen LogP contribution in [0.5, 0.6) is 0 Å². The number of carbonyl (C=O) groups excluding carboxylic acids is 1. The summed E-state index contributed by atoms with van der Waals surface area (Å²) in [6.07, 6.45) is 0. The molecule has 0 unspecified atom stereocenters. The van der Waals surface area contributed by atoms with Crippen LogP contribution in [-0.2, 0) is 11.3 Å². The summed E-state index contributed by atoms with van der Waals surface area (Å²) in [6, 6.07) is 0. The molecule has 0 saturated heterocycles. The summed E-state index contributed by atoms with van der Waals surface area (Å²) in [5.41, 5.74) is 0. The van der Waals surface area contributed by atoms with E-state index in [0.717, 1.165) is 0 Å². The zero-order chi connectivity index (χ0) is 13.0. The van der Waals surface area contributed by atoms with Crippen LogP contribution in [0, 0.1) is 0 Å². The van der Waals surface area contributed by atoms with Crippen molar-refractivity contribution in [2.45, 2.75) is 13.5 Å². The van der Waals surface area contributed by atoms with Crippen molar-refractivity contribution in [1.82, 2.24) is 20.3 Å². The van der Waals surface area contributed by atoms with Crippen molar-refractivity contribution in [3.63, 3.8) is 0 Å². The van der Waals surface area contributed by atoms with Crippen molar-refractivity contribution in [3.05, 3.63) is 5.82 Å². The molecule has 0 saturated carbocycles. The molecule has 0 aliphatic rings. The molecule has 0 aromatic carbocycles. The second-order valence-corrected chi connectivity index (χ2v) is 4.05. The summed E-state index contributed by atoms with van der Waals surface area (Å²) < 4.78 is 0. The molecule has 7 nitrogen and oxygen atoms in total.